The molecule has 178 valence electrons. The first-order chi connectivity index (χ1) is 16.4. The van der Waals surface area contributed by atoms with Gasteiger partial charge in [-0.3, -0.25) is 4.79 Å². The summed E-state index contributed by atoms with van der Waals surface area (Å²) in [7, 11) is 0. The van der Waals surface area contributed by atoms with E-state index in [1.165, 1.54) is 6.20 Å². The number of carbonyl (C=O) groups excluding carboxylic acids is 1. The van der Waals surface area contributed by atoms with E-state index < -0.39 is 17.5 Å². The molecule has 1 aliphatic rings. The summed E-state index contributed by atoms with van der Waals surface area (Å²) in [6.07, 6.45) is 3.31. The molecule has 1 aliphatic heterocycles. The normalized spacial score (nSPS) is 15.6. The fraction of sp³-hybridized carbons (Fsp3) is 0.261. The third-order valence-corrected chi connectivity index (χ3v) is 5.54. The van der Waals surface area contributed by atoms with Gasteiger partial charge in [-0.05, 0) is 55.3 Å². The third kappa shape index (κ3) is 5.95. The molecule has 1 aromatic heterocycles. The highest BCUT2D eigenvalue weighted by Crippen LogP contribution is 2.23. The van der Waals surface area contributed by atoms with Gasteiger partial charge < -0.3 is 21.3 Å². The molecule has 1 saturated heterocycles. The van der Waals surface area contributed by atoms with E-state index in [0.717, 1.165) is 38.1 Å². The fourth-order valence-electron chi connectivity index (χ4n) is 3.56. The van der Waals surface area contributed by atoms with E-state index in [-0.39, 0.29) is 40.8 Å². The Kier molecular flexibility index (Phi) is 7.49. The van der Waals surface area contributed by atoms with Crippen LogP contribution in [-0.4, -0.2) is 35.0 Å². The summed E-state index contributed by atoms with van der Waals surface area (Å²) in [5.74, 6) is -3.86. The summed E-state index contributed by atoms with van der Waals surface area (Å²) in [6, 6.07) is 8.76. The molecular formula is C23H22ClF3N6O. The zero-order chi connectivity index (χ0) is 24.1. The molecule has 1 amide bonds. The number of piperidine rings is 1. The molecule has 2 aromatic carbocycles. The second-order valence-corrected chi connectivity index (χ2v) is 8.25. The number of rotatable bonds is 7. The Morgan fingerprint density at radius 1 is 1.18 bits per heavy atom. The van der Waals surface area contributed by atoms with Crippen LogP contribution in [0.1, 0.15) is 28.8 Å². The molecule has 4 N–H and O–H groups in total. The van der Waals surface area contributed by atoms with Crippen molar-refractivity contribution in [3.63, 3.8) is 0 Å². The lowest BCUT2D eigenvalue weighted by molar-refractivity contribution is 0.0930. The minimum absolute atomic E-state index is 0.0457. The van der Waals surface area contributed by atoms with Gasteiger partial charge in [0.05, 0.1) is 6.20 Å². The average Bonchev–Trinajstić information content (AvgIpc) is 2.83. The lowest BCUT2D eigenvalue weighted by Gasteiger charge is -2.23. The van der Waals surface area contributed by atoms with Crippen LogP contribution in [0.5, 0.6) is 0 Å². The van der Waals surface area contributed by atoms with Crippen molar-refractivity contribution in [1.82, 2.24) is 20.6 Å². The number of hydrogen-bond acceptors (Lipinski definition) is 6. The Bertz CT molecular complexity index is 1170. The Labute approximate surface area is 199 Å². The Balaban J connectivity index is 1.43. The fourth-order valence-corrected chi connectivity index (χ4v) is 3.72. The molecule has 1 atom stereocenters. The zero-order valence-corrected chi connectivity index (χ0v) is 18.7. The first-order valence-corrected chi connectivity index (χ1v) is 11.1. The van der Waals surface area contributed by atoms with Crippen molar-refractivity contribution < 1.29 is 18.0 Å². The summed E-state index contributed by atoms with van der Waals surface area (Å²) in [4.78, 5) is 21.0. The van der Waals surface area contributed by atoms with E-state index in [9.17, 15) is 18.0 Å². The topological polar surface area (TPSA) is 91.0 Å². The Morgan fingerprint density at radius 2 is 1.97 bits per heavy atom. The van der Waals surface area contributed by atoms with Crippen LogP contribution in [0.2, 0.25) is 5.02 Å². The molecule has 3 aromatic rings. The van der Waals surface area contributed by atoms with Crippen LogP contribution in [0.15, 0.2) is 42.6 Å². The van der Waals surface area contributed by atoms with Crippen molar-refractivity contribution in [3.8, 4) is 0 Å². The van der Waals surface area contributed by atoms with Crippen LogP contribution in [-0.2, 0) is 6.54 Å². The van der Waals surface area contributed by atoms with Gasteiger partial charge in [0.15, 0.2) is 23.3 Å². The van der Waals surface area contributed by atoms with Gasteiger partial charge in [0.1, 0.15) is 5.02 Å². The van der Waals surface area contributed by atoms with E-state index in [2.05, 4.69) is 31.2 Å². The van der Waals surface area contributed by atoms with Gasteiger partial charge in [0.25, 0.3) is 5.91 Å². The SMILES string of the molecule is O=C(NC1CCCNC1)c1cccc(Nc2ncc(Cl)c(NCc3cc(F)c(F)c(F)c3)n2)c1. The largest absolute Gasteiger partial charge is 0.365 e. The number of carbonyl (C=O) groups is 1. The second-order valence-electron chi connectivity index (χ2n) is 7.84. The maximum atomic E-state index is 13.4. The van der Waals surface area contributed by atoms with Crippen LogP contribution < -0.4 is 21.3 Å². The molecule has 0 bridgehead atoms. The molecule has 0 saturated carbocycles. The standard InChI is InChI=1S/C23H22ClF3N6O/c24-17-12-30-23(33-21(17)29-10-13-7-18(25)20(27)19(26)8-13)32-15-4-1-3-14(9-15)22(34)31-16-5-2-6-28-11-16/h1,3-4,7-9,12,16,28H,2,5-6,10-11H2,(H,31,34)(H2,29,30,32,33). The molecule has 1 fully saturated rings. The van der Waals surface area contributed by atoms with Gasteiger partial charge in [0, 0.05) is 30.4 Å². The molecule has 0 aliphatic carbocycles. The van der Waals surface area contributed by atoms with Gasteiger partial charge in [-0.15, -0.1) is 0 Å². The maximum Gasteiger partial charge on any atom is 0.251 e. The third-order valence-electron chi connectivity index (χ3n) is 5.26. The van der Waals surface area contributed by atoms with Crippen LogP contribution >= 0.6 is 11.6 Å². The van der Waals surface area contributed by atoms with Crippen molar-refractivity contribution in [1.29, 1.82) is 0 Å². The molecule has 4 rings (SSSR count). The van der Waals surface area contributed by atoms with Gasteiger partial charge in [-0.2, -0.15) is 4.98 Å². The predicted molar refractivity (Wildman–Crippen MR) is 124 cm³/mol. The van der Waals surface area contributed by atoms with Crippen molar-refractivity contribution in [2.75, 3.05) is 23.7 Å². The number of hydrogen-bond donors (Lipinski definition) is 4. The van der Waals surface area contributed by atoms with Crippen LogP contribution in [0.25, 0.3) is 0 Å². The van der Waals surface area contributed by atoms with Gasteiger partial charge in [-0.1, -0.05) is 17.7 Å². The molecule has 1 unspecified atom stereocenters. The average molecular weight is 491 g/mol. The molecule has 11 heteroatoms. The van der Waals surface area contributed by atoms with E-state index >= 15 is 0 Å². The van der Waals surface area contributed by atoms with Crippen molar-refractivity contribution in [2.24, 2.45) is 0 Å². The number of benzene rings is 2. The summed E-state index contributed by atoms with van der Waals surface area (Å²) in [5.41, 5.74) is 1.25. The van der Waals surface area contributed by atoms with Crippen molar-refractivity contribution in [2.45, 2.75) is 25.4 Å². The predicted octanol–water partition coefficient (Wildman–Crippen LogP) is 4.38. The number of aromatic nitrogens is 2. The molecule has 34 heavy (non-hydrogen) atoms. The highest BCUT2D eigenvalue weighted by atomic mass is 35.5. The summed E-state index contributed by atoms with van der Waals surface area (Å²) < 4.78 is 40.0. The molecule has 0 spiro atoms. The minimum Gasteiger partial charge on any atom is -0.365 e. The quantitative estimate of drug-likeness (QED) is 0.367. The number of nitrogens with zero attached hydrogens (tertiary/aromatic N) is 2. The Hall–Kier alpha value is -3.37. The van der Waals surface area contributed by atoms with Crippen molar-refractivity contribution >= 4 is 35.0 Å². The van der Waals surface area contributed by atoms with E-state index in [1.807, 2.05) is 0 Å². The minimum atomic E-state index is -1.53. The highest BCUT2D eigenvalue weighted by Gasteiger charge is 2.17. The number of nitrogens with one attached hydrogen (secondary N) is 4. The van der Waals surface area contributed by atoms with E-state index in [1.54, 1.807) is 24.3 Å². The smallest absolute Gasteiger partial charge is 0.251 e. The van der Waals surface area contributed by atoms with Gasteiger partial charge in [0.2, 0.25) is 5.95 Å². The van der Waals surface area contributed by atoms with Gasteiger partial charge in [-0.25, -0.2) is 18.2 Å². The second kappa shape index (κ2) is 10.7. The maximum absolute atomic E-state index is 13.4. The summed E-state index contributed by atoms with van der Waals surface area (Å²) in [6.45, 7) is 1.66. The molecule has 2 heterocycles. The number of amides is 1. The summed E-state index contributed by atoms with van der Waals surface area (Å²) >= 11 is 6.13. The Morgan fingerprint density at radius 3 is 2.71 bits per heavy atom. The molecule has 0 radical (unpaired) electrons. The van der Waals surface area contributed by atoms with E-state index in [0.29, 0.717) is 11.3 Å². The monoisotopic (exact) mass is 490 g/mol. The van der Waals surface area contributed by atoms with Crippen LogP contribution in [0, 0.1) is 17.5 Å². The van der Waals surface area contributed by atoms with Gasteiger partial charge >= 0.3 is 0 Å². The number of halogens is 4. The van der Waals surface area contributed by atoms with Crippen LogP contribution in [0.4, 0.5) is 30.6 Å². The van der Waals surface area contributed by atoms with Crippen LogP contribution in [0.3, 0.4) is 0 Å². The lowest BCUT2D eigenvalue weighted by atomic mass is 10.1. The number of anilines is 3. The van der Waals surface area contributed by atoms with Crippen molar-refractivity contribution in [3.05, 3.63) is 76.2 Å². The highest BCUT2D eigenvalue weighted by molar-refractivity contribution is 6.32. The molecular weight excluding hydrogens is 469 g/mol. The zero-order valence-electron chi connectivity index (χ0n) is 18.0. The molecule has 7 nitrogen and oxygen atoms in total. The van der Waals surface area contributed by atoms with E-state index in [4.69, 9.17) is 11.6 Å². The summed E-state index contributed by atoms with van der Waals surface area (Å²) in [5, 5.41) is 12.3. The lowest BCUT2D eigenvalue weighted by Crippen LogP contribution is -2.45. The first-order valence-electron chi connectivity index (χ1n) is 10.7. The first kappa shape index (κ1) is 23.8.